The van der Waals surface area contributed by atoms with E-state index in [4.69, 9.17) is 23.2 Å². The van der Waals surface area contributed by atoms with Crippen molar-refractivity contribution in [1.29, 1.82) is 0 Å². The second-order valence-electron chi connectivity index (χ2n) is 4.07. The summed E-state index contributed by atoms with van der Waals surface area (Å²) in [4.78, 5) is 4.08. The number of aliphatic hydroxyl groups is 1. The van der Waals surface area contributed by atoms with Crippen LogP contribution in [0.1, 0.15) is 37.5 Å². The molecule has 4 heteroatoms. The Bertz CT molecular complexity index is 352. The topological polar surface area (TPSA) is 33.1 Å². The number of aliphatic hydroxyl groups excluding tert-OH is 1. The van der Waals surface area contributed by atoms with Gasteiger partial charge >= 0.3 is 0 Å². The number of pyridine rings is 1. The molecular formula is C11H13Cl2NO. The van der Waals surface area contributed by atoms with E-state index in [1.807, 2.05) is 0 Å². The van der Waals surface area contributed by atoms with E-state index in [-0.39, 0.29) is 0 Å². The lowest BCUT2D eigenvalue weighted by Crippen LogP contribution is -2.15. The molecule has 0 radical (unpaired) electrons. The van der Waals surface area contributed by atoms with Crippen molar-refractivity contribution in [2.75, 3.05) is 0 Å². The fourth-order valence-corrected chi connectivity index (χ4v) is 2.33. The van der Waals surface area contributed by atoms with Gasteiger partial charge in [-0.05, 0) is 18.4 Å². The van der Waals surface area contributed by atoms with Crippen molar-refractivity contribution in [1.82, 2.24) is 4.98 Å². The number of rotatable bonds is 3. The van der Waals surface area contributed by atoms with Gasteiger partial charge in [-0.3, -0.25) is 4.98 Å². The monoisotopic (exact) mass is 245 g/mol. The van der Waals surface area contributed by atoms with Crippen molar-refractivity contribution >= 4 is 23.2 Å². The number of nitrogens with zero attached hydrogens (tertiary/aromatic N) is 1. The minimum atomic E-state index is -0.555. The van der Waals surface area contributed by atoms with Crippen LogP contribution in [0.5, 0.6) is 0 Å². The molecule has 0 spiro atoms. The lowest BCUT2D eigenvalue weighted by atomic mass is 9.81. The molecule has 0 amide bonds. The van der Waals surface area contributed by atoms with Crippen LogP contribution >= 0.6 is 23.2 Å². The number of hydrogen-bond acceptors (Lipinski definition) is 2. The summed E-state index contributed by atoms with van der Waals surface area (Å²) < 4.78 is 0. The van der Waals surface area contributed by atoms with E-state index in [1.54, 1.807) is 6.07 Å². The third-order valence-electron chi connectivity index (χ3n) is 2.93. The van der Waals surface area contributed by atoms with Gasteiger partial charge in [-0.1, -0.05) is 42.5 Å². The Hall–Kier alpha value is -0.310. The van der Waals surface area contributed by atoms with Crippen LogP contribution in [0.4, 0.5) is 0 Å². The highest BCUT2D eigenvalue weighted by molar-refractivity contribution is 6.34. The maximum atomic E-state index is 9.94. The van der Waals surface area contributed by atoms with Crippen molar-refractivity contribution in [3.8, 4) is 0 Å². The minimum absolute atomic E-state index is 0.453. The van der Waals surface area contributed by atoms with Crippen molar-refractivity contribution in [2.24, 2.45) is 5.92 Å². The molecule has 1 saturated carbocycles. The molecule has 1 aliphatic carbocycles. The lowest BCUT2D eigenvalue weighted by molar-refractivity contribution is 0.115. The molecule has 2 rings (SSSR count). The van der Waals surface area contributed by atoms with E-state index in [2.05, 4.69) is 4.98 Å². The quantitative estimate of drug-likeness (QED) is 0.883. The van der Waals surface area contributed by atoms with Crippen LogP contribution in [-0.4, -0.2) is 10.1 Å². The standard InChI is InChI=1S/C11H13Cl2NO/c12-8-5-9(13)11(14-6-8)10(15)4-7-2-1-3-7/h5-7,10,15H,1-4H2. The summed E-state index contributed by atoms with van der Waals surface area (Å²) in [6.07, 6.45) is 5.42. The molecule has 1 fully saturated rings. The van der Waals surface area contributed by atoms with Gasteiger partial charge in [-0.25, -0.2) is 0 Å². The number of aromatic nitrogens is 1. The zero-order chi connectivity index (χ0) is 10.8. The van der Waals surface area contributed by atoms with E-state index in [1.165, 1.54) is 25.5 Å². The highest BCUT2D eigenvalue weighted by Crippen LogP contribution is 2.36. The fraction of sp³-hybridized carbons (Fsp3) is 0.545. The SMILES string of the molecule is OC(CC1CCC1)c1ncc(Cl)cc1Cl. The van der Waals surface area contributed by atoms with Gasteiger partial charge in [-0.15, -0.1) is 0 Å². The van der Waals surface area contributed by atoms with Gasteiger partial charge in [0.15, 0.2) is 0 Å². The Morgan fingerprint density at radius 2 is 2.20 bits per heavy atom. The zero-order valence-electron chi connectivity index (χ0n) is 8.29. The van der Waals surface area contributed by atoms with Crippen LogP contribution < -0.4 is 0 Å². The summed E-state index contributed by atoms with van der Waals surface area (Å²) >= 11 is 11.7. The second-order valence-corrected chi connectivity index (χ2v) is 4.91. The first-order chi connectivity index (χ1) is 7.16. The Labute approximate surface area is 99.2 Å². The molecule has 1 aromatic heterocycles. The summed E-state index contributed by atoms with van der Waals surface area (Å²) in [6.45, 7) is 0. The normalized spacial score (nSPS) is 18.6. The van der Waals surface area contributed by atoms with Gasteiger partial charge in [0.25, 0.3) is 0 Å². The summed E-state index contributed by atoms with van der Waals surface area (Å²) in [5, 5.41) is 10.9. The summed E-state index contributed by atoms with van der Waals surface area (Å²) in [5.74, 6) is 0.633. The van der Waals surface area contributed by atoms with Gasteiger partial charge in [0.1, 0.15) is 0 Å². The molecule has 0 aromatic carbocycles. The fourth-order valence-electron chi connectivity index (χ4n) is 1.83. The largest absolute Gasteiger partial charge is 0.387 e. The summed E-state index contributed by atoms with van der Waals surface area (Å²) in [6, 6.07) is 1.62. The van der Waals surface area contributed by atoms with Crippen LogP contribution in [-0.2, 0) is 0 Å². The number of halogens is 2. The molecule has 1 N–H and O–H groups in total. The van der Waals surface area contributed by atoms with E-state index in [0.717, 1.165) is 6.42 Å². The summed E-state index contributed by atoms with van der Waals surface area (Å²) in [7, 11) is 0. The van der Waals surface area contributed by atoms with Gasteiger partial charge in [0.05, 0.1) is 21.8 Å². The molecule has 82 valence electrons. The van der Waals surface area contributed by atoms with Crippen LogP contribution in [0.15, 0.2) is 12.3 Å². The van der Waals surface area contributed by atoms with E-state index < -0.39 is 6.10 Å². The van der Waals surface area contributed by atoms with Crippen LogP contribution in [0.3, 0.4) is 0 Å². The first-order valence-electron chi connectivity index (χ1n) is 5.16. The number of hydrogen-bond donors (Lipinski definition) is 1. The maximum Gasteiger partial charge on any atom is 0.0977 e. The lowest BCUT2D eigenvalue weighted by Gasteiger charge is -2.27. The molecule has 1 atom stereocenters. The molecule has 0 saturated heterocycles. The second kappa shape index (κ2) is 4.69. The third-order valence-corrected chi connectivity index (χ3v) is 3.44. The smallest absolute Gasteiger partial charge is 0.0977 e. The average Bonchev–Trinajstić information content (AvgIpc) is 2.11. The molecular weight excluding hydrogens is 233 g/mol. The first-order valence-corrected chi connectivity index (χ1v) is 5.91. The maximum absolute atomic E-state index is 9.94. The Kier molecular flexibility index (Phi) is 3.49. The van der Waals surface area contributed by atoms with Gasteiger partial charge < -0.3 is 5.11 Å². The minimum Gasteiger partial charge on any atom is -0.387 e. The molecule has 1 heterocycles. The molecule has 1 unspecified atom stereocenters. The molecule has 1 aromatic rings. The van der Waals surface area contributed by atoms with Crippen LogP contribution in [0, 0.1) is 5.92 Å². The van der Waals surface area contributed by atoms with Gasteiger partial charge in [0, 0.05) is 6.20 Å². The van der Waals surface area contributed by atoms with Crippen molar-refractivity contribution in [2.45, 2.75) is 31.8 Å². The van der Waals surface area contributed by atoms with Gasteiger partial charge in [0.2, 0.25) is 0 Å². The molecule has 15 heavy (non-hydrogen) atoms. The van der Waals surface area contributed by atoms with Crippen molar-refractivity contribution < 1.29 is 5.11 Å². The zero-order valence-corrected chi connectivity index (χ0v) is 9.80. The molecule has 1 aliphatic rings. The molecule has 2 nitrogen and oxygen atoms in total. The highest BCUT2D eigenvalue weighted by atomic mass is 35.5. The first kappa shape index (κ1) is 11.2. The van der Waals surface area contributed by atoms with E-state index in [9.17, 15) is 5.11 Å². The highest BCUT2D eigenvalue weighted by Gasteiger charge is 2.23. The van der Waals surface area contributed by atoms with Gasteiger partial charge in [-0.2, -0.15) is 0 Å². The predicted octanol–water partition coefficient (Wildman–Crippen LogP) is 3.61. The average molecular weight is 246 g/mol. The van der Waals surface area contributed by atoms with Crippen molar-refractivity contribution in [3.05, 3.63) is 28.0 Å². The van der Waals surface area contributed by atoms with E-state index in [0.29, 0.717) is 21.7 Å². The molecule has 0 bridgehead atoms. The Morgan fingerprint density at radius 1 is 1.47 bits per heavy atom. The Morgan fingerprint density at radius 3 is 2.73 bits per heavy atom. The Balaban J connectivity index is 2.06. The predicted molar refractivity (Wildman–Crippen MR) is 61.2 cm³/mol. The third kappa shape index (κ3) is 2.63. The molecule has 0 aliphatic heterocycles. The van der Waals surface area contributed by atoms with Crippen LogP contribution in [0.25, 0.3) is 0 Å². The van der Waals surface area contributed by atoms with Crippen molar-refractivity contribution in [3.63, 3.8) is 0 Å². The summed E-state index contributed by atoms with van der Waals surface area (Å²) in [5.41, 5.74) is 0.549. The van der Waals surface area contributed by atoms with E-state index >= 15 is 0 Å². The van der Waals surface area contributed by atoms with Crippen LogP contribution in [0.2, 0.25) is 10.0 Å².